The standard InChI is InChI=1S/C21H35N3O2/c1-18(2)11-14-26-15-12-22-21(25)17-23(3)20-10-7-13-24(16-20)19-8-5-4-6-9-19/h4-6,8-9,18,20H,7,10-17H2,1-3H3,(H,22,25)/t20-/m1/s1. The summed E-state index contributed by atoms with van der Waals surface area (Å²) in [5, 5.41) is 2.96. The minimum Gasteiger partial charge on any atom is -0.380 e. The van der Waals surface area contributed by atoms with Gasteiger partial charge in [-0.2, -0.15) is 0 Å². The van der Waals surface area contributed by atoms with Gasteiger partial charge in [0.05, 0.1) is 13.2 Å². The topological polar surface area (TPSA) is 44.8 Å². The monoisotopic (exact) mass is 361 g/mol. The first-order chi connectivity index (χ1) is 12.6. The number of ether oxygens (including phenoxy) is 1. The van der Waals surface area contributed by atoms with Crippen molar-refractivity contribution in [1.82, 2.24) is 10.2 Å². The van der Waals surface area contributed by atoms with E-state index in [0.29, 0.717) is 31.7 Å². The van der Waals surface area contributed by atoms with E-state index in [2.05, 4.69) is 60.3 Å². The Morgan fingerprint density at radius 1 is 1.31 bits per heavy atom. The molecule has 1 heterocycles. The fourth-order valence-electron chi connectivity index (χ4n) is 3.28. The molecule has 0 radical (unpaired) electrons. The molecule has 1 atom stereocenters. The third-order valence-electron chi connectivity index (χ3n) is 4.94. The molecule has 1 amide bonds. The van der Waals surface area contributed by atoms with Crippen LogP contribution in [0.1, 0.15) is 33.1 Å². The zero-order valence-electron chi connectivity index (χ0n) is 16.6. The lowest BCUT2D eigenvalue weighted by atomic mass is 10.0. The van der Waals surface area contributed by atoms with E-state index in [4.69, 9.17) is 4.74 Å². The van der Waals surface area contributed by atoms with Gasteiger partial charge in [0, 0.05) is 38.0 Å². The zero-order valence-corrected chi connectivity index (χ0v) is 16.6. The molecule has 1 aromatic carbocycles. The van der Waals surface area contributed by atoms with Gasteiger partial charge < -0.3 is 15.0 Å². The number of rotatable bonds is 10. The Labute approximate surface area is 158 Å². The second kappa shape index (κ2) is 11.2. The summed E-state index contributed by atoms with van der Waals surface area (Å²) >= 11 is 0. The normalized spacial score (nSPS) is 17.7. The van der Waals surface area contributed by atoms with Crippen molar-refractivity contribution in [3.8, 4) is 0 Å². The van der Waals surface area contributed by atoms with Gasteiger partial charge in [-0.25, -0.2) is 0 Å². The van der Waals surface area contributed by atoms with Gasteiger partial charge in [-0.05, 0) is 44.4 Å². The van der Waals surface area contributed by atoms with E-state index < -0.39 is 0 Å². The number of hydrogen-bond acceptors (Lipinski definition) is 4. The fraction of sp³-hybridized carbons (Fsp3) is 0.667. The number of anilines is 1. The summed E-state index contributed by atoms with van der Waals surface area (Å²) in [5.41, 5.74) is 1.27. The Kier molecular flexibility index (Phi) is 8.92. The Morgan fingerprint density at radius 2 is 2.08 bits per heavy atom. The van der Waals surface area contributed by atoms with Crippen LogP contribution in [0.2, 0.25) is 0 Å². The van der Waals surface area contributed by atoms with Crippen LogP contribution in [0.15, 0.2) is 30.3 Å². The summed E-state index contributed by atoms with van der Waals surface area (Å²) in [5.74, 6) is 0.737. The molecule has 1 aliphatic rings. The highest BCUT2D eigenvalue weighted by molar-refractivity contribution is 5.78. The Bertz CT molecular complexity index is 521. The summed E-state index contributed by atoms with van der Waals surface area (Å²) in [4.78, 5) is 16.8. The average Bonchev–Trinajstić information content (AvgIpc) is 2.65. The van der Waals surface area contributed by atoms with Crippen molar-refractivity contribution in [2.75, 3.05) is 51.3 Å². The number of hydrogen-bond donors (Lipinski definition) is 1. The van der Waals surface area contributed by atoms with E-state index in [0.717, 1.165) is 39.0 Å². The first kappa shape index (κ1) is 20.7. The fourth-order valence-corrected chi connectivity index (χ4v) is 3.28. The van der Waals surface area contributed by atoms with Crippen LogP contribution in [0.4, 0.5) is 5.69 Å². The number of para-hydroxylation sites is 1. The number of benzene rings is 1. The van der Waals surface area contributed by atoms with Crippen LogP contribution in [-0.4, -0.2) is 63.3 Å². The van der Waals surface area contributed by atoms with Gasteiger partial charge in [-0.3, -0.25) is 9.69 Å². The van der Waals surface area contributed by atoms with Gasteiger partial charge in [0.15, 0.2) is 0 Å². The number of likely N-dealkylation sites (N-methyl/N-ethyl adjacent to an activating group) is 1. The molecule has 0 bridgehead atoms. The minimum absolute atomic E-state index is 0.0804. The molecule has 146 valence electrons. The summed E-state index contributed by atoms with van der Waals surface area (Å²) in [6.45, 7) is 8.83. The van der Waals surface area contributed by atoms with E-state index in [1.165, 1.54) is 5.69 Å². The summed E-state index contributed by atoms with van der Waals surface area (Å²) in [6, 6.07) is 11.0. The Hall–Kier alpha value is -1.59. The Morgan fingerprint density at radius 3 is 2.81 bits per heavy atom. The van der Waals surface area contributed by atoms with E-state index in [1.54, 1.807) is 0 Å². The zero-order chi connectivity index (χ0) is 18.8. The molecule has 0 aromatic heterocycles. The van der Waals surface area contributed by atoms with Crippen LogP contribution in [0.3, 0.4) is 0 Å². The molecular weight excluding hydrogens is 326 g/mol. The van der Waals surface area contributed by atoms with Gasteiger partial charge in [-0.15, -0.1) is 0 Å². The number of piperidine rings is 1. The van der Waals surface area contributed by atoms with Crippen molar-refractivity contribution in [3.63, 3.8) is 0 Å². The van der Waals surface area contributed by atoms with E-state index in [1.807, 2.05) is 6.07 Å². The summed E-state index contributed by atoms with van der Waals surface area (Å²) < 4.78 is 5.54. The van der Waals surface area contributed by atoms with Crippen molar-refractivity contribution in [3.05, 3.63) is 30.3 Å². The van der Waals surface area contributed by atoms with Crippen molar-refractivity contribution in [1.29, 1.82) is 0 Å². The van der Waals surface area contributed by atoms with E-state index in [-0.39, 0.29) is 5.91 Å². The molecule has 1 aliphatic heterocycles. The lowest BCUT2D eigenvalue weighted by Crippen LogP contribution is -2.49. The van der Waals surface area contributed by atoms with Crippen LogP contribution in [0.25, 0.3) is 0 Å². The highest BCUT2D eigenvalue weighted by Crippen LogP contribution is 2.21. The minimum atomic E-state index is 0.0804. The molecule has 2 rings (SSSR count). The van der Waals surface area contributed by atoms with Crippen LogP contribution in [0, 0.1) is 5.92 Å². The second-order valence-corrected chi connectivity index (χ2v) is 7.64. The van der Waals surface area contributed by atoms with E-state index >= 15 is 0 Å². The van der Waals surface area contributed by atoms with Crippen LogP contribution in [-0.2, 0) is 9.53 Å². The Balaban J connectivity index is 1.66. The predicted octanol–water partition coefficient (Wildman–Crippen LogP) is 2.77. The summed E-state index contributed by atoms with van der Waals surface area (Å²) in [7, 11) is 2.05. The predicted molar refractivity (Wildman–Crippen MR) is 108 cm³/mol. The quantitative estimate of drug-likeness (QED) is 0.651. The van der Waals surface area contributed by atoms with Gasteiger partial charge in [0.2, 0.25) is 5.91 Å². The molecule has 5 heteroatoms. The third kappa shape index (κ3) is 7.34. The second-order valence-electron chi connectivity index (χ2n) is 7.64. The highest BCUT2D eigenvalue weighted by atomic mass is 16.5. The molecule has 0 aliphatic carbocycles. The maximum Gasteiger partial charge on any atom is 0.234 e. The van der Waals surface area contributed by atoms with Crippen molar-refractivity contribution >= 4 is 11.6 Å². The average molecular weight is 362 g/mol. The summed E-state index contributed by atoms with van der Waals surface area (Å²) in [6.07, 6.45) is 3.37. The first-order valence-corrected chi connectivity index (χ1v) is 9.91. The molecule has 26 heavy (non-hydrogen) atoms. The maximum absolute atomic E-state index is 12.2. The molecule has 1 saturated heterocycles. The third-order valence-corrected chi connectivity index (χ3v) is 4.94. The lowest BCUT2D eigenvalue weighted by molar-refractivity contribution is -0.122. The molecule has 0 spiro atoms. The number of nitrogens with one attached hydrogen (secondary N) is 1. The van der Waals surface area contributed by atoms with Gasteiger partial charge in [0.1, 0.15) is 0 Å². The molecule has 1 fully saturated rings. The molecule has 1 N–H and O–H groups in total. The van der Waals surface area contributed by atoms with Gasteiger partial charge >= 0.3 is 0 Å². The molecule has 5 nitrogen and oxygen atoms in total. The van der Waals surface area contributed by atoms with Gasteiger partial charge in [-0.1, -0.05) is 32.0 Å². The van der Waals surface area contributed by atoms with Crippen molar-refractivity contribution in [2.24, 2.45) is 5.92 Å². The van der Waals surface area contributed by atoms with Gasteiger partial charge in [0.25, 0.3) is 0 Å². The first-order valence-electron chi connectivity index (χ1n) is 9.91. The number of carbonyl (C=O) groups excluding carboxylic acids is 1. The number of carbonyl (C=O) groups is 1. The van der Waals surface area contributed by atoms with Crippen molar-refractivity contribution in [2.45, 2.75) is 39.2 Å². The smallest absolute Gasteiger partial charge is 0.234 e. The van der Waals surface area contributed by atoms with Crippen LogP contribution in [0.5, 0.6) is 0 Å². The molecule has 0 unspecified atom stereocenters. The van der Waals surface area contributed by atoms with E-state index in [9.17, 15) is 4.79 Å². The van der Waals surface area contributed by atoms with Crippen LogP contribution < -0.4 is 10.2 Å². The molecule has 0 saturated carbocycles. The SMILES string of the molecule is CC(C)CCOCCNC(=O)CN(C)[C@@H]1CCCN(c2ccccc2)C1. The molecule has 1 aromatic rings. The van der Waals surface area contributed by atoms with Crippen LogP contribution >= 0.6 is 0 Å². The largest absolute Gasteiger partial charge is 0.380 e. The van der Waals surface area contributed by atoms with Crippen molar-refractivity contribution < 1.29 is 9.53 Å². The molecular formula is C21H35N3O2. The lowest BCUT2D eigenvalue weighted by Gasteiger charge is -2.38. The number of nitrogens with zero attached hydrogens (tertiary/aromatic N) is 2. The maximum atomic E-state index is 12.2. The highest BCUT2D eigenvalue weighted by Gasteiger charge is 2.24. The number of amides is 1.